The van der Waals surface area contributed by atoms with Gasteiger partial charge in [-0.3, -0.25) is 4.68 Å². The quantitative estimate of drug-likeness (QED) is 0.934. The highest BCUT2D eigenvalue weighted by molar-refractivity contribution is 9.10. The molecule has 106 valence electrons. The Morgan fingerprint density at radius 1 is 1.40 bits per heavy atom. The van der Waals surface area contributed by atoms with Crippen molar-refractivity contribution in [1.29, 1.82) is 0 Å². The van der Waals surface area contributed by atoms with Gasteiger partial charge in [-0.1, -0.05) is 0 Å². The summed E-state index contributed by atoms with van der Waals surface area (Å²) in [7, 11) is 0. The number of halogens is 1. The summed E-state index contributed by atoms with van der Waals surface area (Å²) in [6.45, 7) is 3.76. The summed E-state index contributed by atoms with van der Waals surface area (Å²) < 4.78 is 13.7. The molecule has 1 atom stereocenters. The van der Waals surface area contributed by atoms with Crippen molar-refractivity contribution in [3.05, 3.63) is 40.1 Å². The molecule has 0 saturated carbocycles. The van der Waals surface area contributed by atoms with Crippen LogP contribution < -0.4 is 9.47 Å². The lowest BCUT2D eigenvalue weighted by atomic mass is 10.1. The Morgan fingerprint density at radius 3 is 3.00 bits per heavy atom. The summed E-state index contributed by atoms with van der Waals surface area (Å²) in [6.07, 6.45) is 0.944. The second-order valence-corrected chi connectivity index (χ2v) is 5.36. The number of ether oxygens (including phenoxy) is 2. The number of aliphatic hydroxyl groups excluding tert-OH is 1. The number of fused-ring (bicyclic) bond motifs is 1. The highest BCUT2D eigenvalue weighted by atomic mass is 79.9. The Morgan fingerprint density at radius 2 is 2.20 bits per heavy atom. The molecule has 0 radical (unpaired) electrons. The molecular weight excluding hydrogens is 324 g/mol. The van der Waals surface area contributed by atoms with Gasteiger partial charge in [0.25, 0.3) is 0 Å². The first-order valence-electron chi connectivity index (χ1n) is 6.49. The monoisotopic (exact) mass is 338 g/mol. The van der Waals surface area contributed by atoms with E-state index in [1.54, 1.807) is 10.9 Å². The molecule has 1 aliphatic heterocycles. The van der Waals surface area contributed by atoms with Crippen molar-refractivity contribution in [2.24, 2.45) is 0 Å². The van der Waals surface area contributed by atoms with Gasteiger partial charge >= 0.3 is 0 Å². The van der Waals surface area contributed by atoms with Gasteiger partial charge in [-0.2, -0.15) is 5.10 Å². The van der Waals surface area contributed by atoms with Crippen LogP contribution in [0.2, 0.25) is 0 Å². The molecule has 6 heteroatoms. The first-order valence-corrected chi connectivity index (χ1v) is 7.28. The molecule has 0 aliphatic carbocycles. The molecule has 0 bridgehead atoms. The van der Waals surface area contributed by atoms with E-state index in [9.17, 15) is 5.11 Å². The number of aliphatic hydroxyl groups is 1. The molecular formula is C14H15BrN2O3. The van der Waals surface area contributed by atoms with Crippen molar-refractivity contribution in [1.82, 2.24) is 9.78 Å². The molecule has 1 N–H and O–H groups in total. The average molecular weight is 339 g/mol. The fraction of sp³-hybridized carbons (Fsp3) is 0.357. The van der Waals surface area contributed by atoms with Crippen molar-refractivity contribution in [2.75, 3.05) is 13.2 Å². The molecule has 20 heavy (non-hydrogen) atoms. The van der Waals surface area contributed by atoms with Crippen LogP contribution in [0, 0.1) is 0 Å². The zero-order valence-corrected chi connectivity index (χ0v) is 12.6. The first-order chi connectivity index (χ1) is 9.70. The molecule has 0 spiro atoms. The topological polar surface area (TPSA) is 56.5 Å². The maximum absolute atomic E-state index is 10.5. The van der Waals surface area contributed by atoms with Crippen molar-refractivity contribution in [3.63, 3.8) is 0 Å². The van der Waals surface area contributed by atoms with Crippen LogP contribution in [0.4, 0.5) is 0 Å². The van der Waals surface area contributed by atoms with Gasteiger partial charge in [0, 0.05) is 12.7 Å². The lowest BCUT2D eigenvalue weighted by Crippen LogP contribution is -2.16. The minimum Gasteiger partial charge on any atom is -0.486 e. The Labute approximate surface area is 125 Å². The van der Waals surface area contributed by atoms with Gasteiger partial charge < -0.3 is 14.6 Å². The van der Waals surface area contributed by atoms with E-state index in [-0.39, 0.29) is 0 Å². The van der Waals surface area contributed by atoms with Crippen molar-refractivity contribution >= 4 is 15.9 Å². The van der Waals surface area contributed by atoms with Crippen molar-refractivity contribution < 1.29 is 14.6 Å². The lowest BCUT2D eigenvalue weighted by Gasteiger charge is -2.22. The predicted octanol–water partition coefficient (Wildman–Crippen LogP) is 2.52. The van der Waals surface area contributed by atoms with Crippen molar-refractivity contribution in [3.8, 4) is 11.5 Å². The highest BCUT2D eigenvalue weighted by Gasteiger charge is 2.21. The third kappa shape index (κ3) is 2.29. The number of benzene rings is 1. The van der Waals surface area contributed by atoms with Crippen molar-refractivity contribution in [2.45, 2.75) is 19.6 Å². The van der Waals surface area contributed by atoms with Gasteiger partial charge in [0.05, 0.1) is 10.2 Å². The molecule has 3 rings (SSSR count). The molecule has 1 aliphatic rings. The van der Waals surface area contributed by atoms with Gasteiger partial charge in [-0.25, -0.2) is 0 Å². The van der Waals surface area contributed by atoms with Gasteiger partial charge in [-0.05, 0) is 46.6 Å². The third-order valence-electron chi connectivity index (χ3n) is 3.26. The van der Waals surface area contributed by atoms with E-state index in [4.69, 9.17) is 9.47 Å². The van der Waals surface area contributed by atoms with E-state index in [0.717, 1.165) is 15.7 Å². The Kier molecular flexibility index (Phi) is 3.67. The molecule has 2 heterocycles. The minimum absolute atomic E-state index is 0.520. The Balaban J connectivity index is 2.00. The van der Waals surface area contributed by atoms with Gasteiger partial charge in [-0.15, -0.1) is 0 Å². The second-order valence-electron chi connectivity index (χ2n) is 4.50. The SMILES string of the molecule is CCn1nccc1C(O)c1cc(Br)c2c(c1)OCCO2. The fourth-order valence-corrected chi connectivity index (χ4v) is 2.87. The molecule has 0 saturated heterocycles. The number of nitrogens with zero attached hydrogens (tertiary/aromatic N) is 2. The van der Waals surface area contributed by atoms with E-state index in [2.05, 4.69) is 21.0 Å². The number of rotatable bonds is 3. The molecule has 1 unspecified atom stereocenters. The number of hydrogen-bond donors (Lipinski definition) is 1. The zero-order valence-electron chi connectivity index (χ0n) is 11.0. The van der Waals surface area contributed by atoms with Crippen LogP contribution in [-0.2, 0) is 6.54 Å². The van der Waals surface area contributed by atoms with Gasteiger partial charge in [0.15, 0.2) is 11.5 Å². The second kappa shape index (κ2) is 5.46. The first kappa shape index (κ1) is 13.5. The van der Waals surface area contributed by atoms with E-state index in [1.165, 1.54) is 0 Å². The maximum Gasteiger partial charge on any atom is 0.175 e. The number of aromatic nitrogens is 2. The molecule has 1 aromatic carbocycles. The smallest absolute Gasteiger partial charge is 0.175 e. The van der Waals surface area contributed by atoms with Crippen LogP contribution in [0.3, 0.4) is 0 Å². The van der Waals surface area contributed by atoms with Crippen LogP contribution in [0.5, 0.6) is 11.5 Å². The van der Waals surface area contributed by atoms with E-state index in [0.29, 0.717) is 31.3 Å². The van der Waals surface area contributed by atoms with Crippen LogP contribution in [0.1, 0.15) is 24.3 Å². The Hall–Kier alpha value is -1.53. The fourth-order valence-electron chi connectivity index (χ4n) is 2.30. The number of hydrogen-bond acceptors (Lipinski definition) is 4. The van der Waals surface area contributed by atoms with Crippen LogP contribution in [0.15, 0.2) is 28.9 Å². The minimum atomic E-state index is -0.746. The Bertz CT molecular complexity index is 627. The third-order valence-corrected chi connectivity index (χ3v) is 3.85. The summed E-state index contributed by atoms with van der Waals surface area (Å²) in [6, 6.07) is 5.49. The number of aryl methyl sites for hydroxylation is 1. The molecule has 5 nitrogen and oxygen atoms in total. The average Bonchev–Trinajstić information content (AvgIpc) is 2.95. The summed E-state index contributed by atoms with van der Waals surface area (Å²) >= 11 is 3.46. The van der Waals surface area contributed by atoms with E-state index >= 15 is 0 Å². The molecule has 1 aromatic heterocycles. The highest BCUT2D eigenvalue weighted by Crippen LogP contribution is 2.40. The summed E-state index contributed by atoms with van der Waals surface area (Å²) in [5.74, 6) is 1.35. The molecule has 2 aromatic rings. The predicted molar refractivity (Wildman–Crippen MR) is 77.1 cm³/mol. The maximum atomic E-state index is 10.5. The summed E-state index contributed by atoms with van der Waals surface area (Å²) in [5, 5.41) is 14.7. The van der Waals surface area contributed by atoms with E-state index < -0.39 is 6.10 Å². The van der Waals surface area contributed by atoms with Crippen LogP contribution >= 0.6 is 15.9 Å². The largest absolute Gasteiger partial charge is 0.486 e. The van der Waals surface area contributed by atoms with E-state index in [1.807, 2.05) is 25.1 Å². The summed E-state index contributed by atoms with van der Waals surface area (Å²) in [5.41, 5.74) is 1.51. The summed E-state index contributed by atoms with van der Waals surface area (Å²) in [4.78, 5) is 0. The van der Waals surface area contributed by atoms with Gasteiger partial charge in [0.2, 0.25) is 0 Å². The normalized spacial score (nSPS) is 15.2. The molecule has 0 fully saturated rings. The lowest BCUT2D eigenvalue weighted by molar-refractivity contribution is 0.168. The molecule has 0 amide bonds. The standard InChI is InChI=1S/C14H15BrN2O3/c1-2-17-11(3-4-16-17)13(18)9-7-10(15)14-12(8-9)19-5-6-20-14/h3-4,7-8,13,18H,2,5-6H2,1H3. The van der Waals surface area contributed by atoms with Crippen LogP contribution in [-0.4, -0.2) is 28.1 Å². The van der Waals surface area contributed by atoms with Gasteiger partial charge in [0.1, 0.15) is 19.3 Å². The van der Waals surface area contributed by atoms with Crippen LogP contribution in [0.25, 0.3) is 0 Å². The zero-order chi connectivity index (χ0) is 14.1.